The molecule has 2 nitrogen and oxygen atoms in total. The van der Waals surface area contributed by atoms with Gasteiger partial charge < -0.3 is 10.5 Å². The highest BCUT2D eigenvalue weighted by Gasteiger charge is 1.96. The molecule has 0 saturated heterocycles. The Balaban J connectivity index is 2.18. The van der Waals surface area contributed by atoms with E-state index in [0.717, 1.165) is 11.5 Å². The predicted octanol–water partition coefficient (Wildman–Crippen LogP) is 1.32. The van der Waals surface area contributed by atoms with Crippen molar-refractivity contribution >= 4 is 19.0 Å². The third-order valence-electron chi connectivity index (χ3n) is 2.11. The Labute approximate surface area is 90.1 Å². The molecule has 2 aromatic rings. The molecule has 0 aromatic heterocycles. The van der Waals surface area contributed by atoms with Crippen LogP contribution in [0.4, 0.5) is 5.69 Å². The fraction of sp³-hybridized carbons (Fsp3) is 0. The molecule has 2 rings (SSSR count). The summed E-state index contributed by atoms with van der Waals surface area (Å²) in [4.78, 5) is 0. The summed E-state index contributed by atoms with van der Waals surface area (Å²) in [7, 11) is 2.05. The Morgan fingerprint density at radius 2 is 1.67 bits per heavy atom. The third kappa shape index (κ3) is 2.53. The number of anilines is 1. The Bertz CT molecular complexity index is 453. The van der Waals surface area contributed by atoms with Crippen molar-refractivity contribution in [1.29, 1.82) is 0 Å². The van der Waals surface area contributed by atoms with E-state index in [-0.39, 0.29) is 0 Å². The molecular formula is C12H12BNO. The molecule has 0 saturated carbocycles. The lowest BCUT2D eigenvalue weighted by Crippen LogP contribution is -1.99. The van der Waals surface area contributed by atoms with Crippen LogP contribution in [0.2, 0.25) is 0 Å². The molecule has 0 heterocycles. The van der Waals surface area contributed by atoms with E-state index in [0.29, 0.717) is 5.69 Å². The number of hydrogen-bond acceptors (Lipinski definition) is 2. The highest BCUT2D eigenvalue weighted by Crippen LogP contribution is 2.21. The van der Waals surface area contributed by atoms with Crippen LogP contribution >= 0.6 is 0 Å². The maximum absolute atomic E-state index is 5.66. The first kappa shape index (κ1) is 9.65. The molecule has 0 aliphatic carbocycles. The zero-order chi connectivity index (χ0) is 10.7. The van der Waals surface area contributed by atoms with Crippen LogP contribution in [0, 0.1) is 0 Å². The molecule has 74 valence electrons. The number of nitrogens with two attached hydrogens (primary N) is 1. The molecule has 0 bridgehead atoms. The lowest BCUT2D eigenvalue weighted by molar-refractivity contribution is 0.483. The van der Waals surface area contributed by atoms with Crippen molar-refractivity contribution in [2.45, 2.75) is 0 Å². The average Bonchev–Trinajstić information content (AvgIpc) is 2.22. The first-order chi connectivity index (χ1) is 7.24. The minimum Gasteiger partial charge on any atom is -0.457 e. The van der Waals surface area contributed by atoms with Crippen molar-refractivity contribution in [3.05, 3.63) is 48.5 Å². The maximum atomic E-state index is 5.66. The Hall–Kier alpha value is -1.90. The second-order valence-corrected chi connectivity index (χ2v) is 3.49. The minimum atomic E-state index is 0.708. The van der Waals surface area contributed by atoms with Crippen LogP contribution in [-0.4, -0.2) is 7.85 Å². The van der Waals surface area contributed by atoms with E-state index < -0.39 is 0 Å². The molecular weight excluding hydrogens is 185 g/mol. The van der Waals surface area contributed by atoms with E-state index in [1.165, 1.54) is 5.46 Å². The van der Waals surface area contributed by atoms with Crippen molar-refractivity contribution in [2.24, 2.45) is 0 Å². The minimum absolute atomic E-state index is 0.708. The van der Waals surface area contributed by atoms with E-state index in [2.05, 4.69) is 0 Å². The van der Waals surface area contributed by atoms with Gasteiger partial charge in [0.1, 0.15) is 19.3 Å². The molecule has 0 atom stereocenters. The summed E-state index contributed by atoms with van der Waals surface area (Å²) in [6, 6.07) is 15.3. The van der Waals surface area contributed by atoms with Crippen LogP contribution in [0.25, 0.3) is 0 Å². The monoisotopic (exact) mass is 197 g/mol. The van der Waals surface area contributed by atoms with Gasteiger partial charge in [-0.05, 0) is 24.3 Å². The van der Waals surface area contributed by atoms with Crippen LogP contribution in [0.5, 0.6) is 11.5 Å². The summed E-state index contributed by atoms with van der Waals surface area (Å²) >= 11 is 0. The van der Waals surface area contributed by atoms with E-state index in [9.17, 15) is 0 Å². The smallest absolute Gasteiger partial charge is 0.139 e. The third-order valence-corrected chi connectivity index (χ3v) is 2.11. The second kappa shape index (κ2) is 4.09. The van der Waals surface area contributed by atoms with E-state index >= 15 is 0 Å². The zero-order valence-electron chi connectivity index (χ0n) is 8.60. The number of benzene rings is 2. The van der Waals surface area contributed by atoms with Gasteiger partial charge in [-0.15, -0.1) is 0 Å². The van der Waals surface area contributed by atoms with Crippen LogP contribution in [-0.2, 0) is 0 Å². The summed E-state index contributed by atoms with van der Waals surface area (Å²) in [6.45, 7) is 0. The molecule has 0 fully saturated rings. The summed E-state index contributed by atoms with van der Waals surface area (Å²) in [5, 5.41) is 0. The zero-order valence-corrected chi connectivity index (χ0v) is 8.60. The molecule has 0 spiro atoms. The fourth-order valence-corrected chi connectivity index (χ4v) is 1.32. The maximum Gasteiger partial charge on any atom is 0.139 e. The van der Waals surface area contributed by atoms with Gasteiger partial charge in [-0.3, -0.25) is 0 Å². The van der Waals surface area contributed by atoms with E-state index in [1.54, 1.807) is 6.07 Å². The first-order valence-electron chi connectivity index (χ1n) is 4.84. The number of rotatable bonds is 2. The van der Waals surface area contributed by atoms with Crippen LogP contribution < -0.4 is 15.9 Å². The highest BCUT2D eigenvalue weighted by atomic mass is 16.5. The van der Waals surface area contributed by atoms with Crippen LogP contribution in [0.3, 0.4) is 0 Å². The Kier molecular flexibility index (Phi) is 2.63. The van der Waals surface area contributed by atoms with Crippen molar-refractivity contribution < 1.29 is 4.74 Å². The van der Waals surface area contributed by atoms with Crippen molar-refractivity contribution in [1.82, 2.24) is 0 Å². The summed E-state index contributed by atoms with van der Waals surface area (Å²) in [5.74, 6) is 1.59. The van der Waals surface area contributed by atoms with Gasteiger partial charge >= 0.3 is 0 Å². The van der Waals surface area contributed by atoms with Gasteiger partial charge in [0.2, 0.25) is 0 Å². The molecule has 2 N–H and O–H groups in total. The summed E-state index contributed by atoms with van der Waals surface area (Å²) in [6.07, 6.45) is 0. The Morgan fingerprint density at radius 1 is 0.933 bits per heavy atom. The van der Waals surface area contributed by atoms with Gasteiger partial charge in [-0.25, -0.2) is 0 Å². The van der Waals surface area contributed by atoms with Gasteiger partial charge in [0.25, 0.3) is 0 Å². The normalized spacial score (nSPS) is 9.87. The fourth-order valence-electron chi connectivity index (χ4n) is 1.32. The first-order valence-corrected chi connectivity index (χ1v) is 4.84. The Morgan fingerprint density at radius 3 is 2.33 bits per heavy atom. The highest BCUT2D eigenvalue weighted by molar-refractivity contribution is 6.32. The molecule has 0 radical (unpaired) electrons. The second-order valence-electron chi connectivity index (χ2n) is 3.49. The van der Waals surface area contributed by atoms with Crippen LogP contribution in [0.1, 0.15) is 0 Å². The van der Waals surface area contributed by atoms with Crippen molar-refractivity contribution in [3.8, 4) is 11.5 Å². The van der Waals surface area contributed by atoms with E-state index in [1.807, 2.05) is 50.3 Å². The molecule has 15 heavy (non-hydrogen) atoms. The van der Waals surface area contributed by atoms with Gasteiger partial charge in [0.15, 0.2) is 0 Å². The molecule has 0 amide bonds. The largest absolute Gasteiger partial charge is 0.457 e. The summed E-state index contributed by atoms with van der Waals surface area (Å²) < 4.78 is 5.63. The average molecular weight is 197 g/mol. The van der Waals surface area contributed by atoms with Gasteiger partial charge in [0.05, 0.1) is 0 Å². The van der Waals surface area contributed by atoms with Crippen molar-refractivity contribution in [2.75, 3.05) is 5.73 Å². The summed E-state index contributed by atoms with van der Waals surface area (Å²) in [5.41, 5.74) is 7.58. The van der Waals surface area contributed by atoms with Gasteiger partial charge in [0, 0.05) is 11.8 Å². The predicted molar refractivity (Wildman–Crippen MR) is 65.5 cm³/mol. The van der Waals surface area contributed by atoms with E-state index in [4.69, 9.17) is 10.5 Å². The van der Waals surface area contributed by atoms with Gasteiger partial charge in [-0.2, -0.15) is 0 Å². The lowest BCUT2D eigenvalue weighted by Gasteiger charge is -2.06. The lowest BCUT2D eigenvalue weighted by atomic mass is 9.97. The number of ether oxygens (including phenoxy) is 1. The van der Waals surface area contributed by atoms with Gasteiger partial charge in [-0.1, -0.05) is 23.7 Å². The molecule has 0 unspecified atom stereocenters. The quantitative estimate of drug-likeness (QED) is 0.582. The molecule has 0 aliphatic heterocycles. The van der Waals surface area contributed by atoms with Crippen molar-refractivity contribution in [3.63, 3.8) is 0 Å². The number of hydrogen-bond donors (Lipinski definition) is 1. The molecule has 2 aromatic carbocycles. The standard InChI is InChI=1S/C12H12BNO/c13-9-4-6-11(7-5-9)15-12-3-1-2-10(14)8-12/h1-8H,13-14H2. The molecule has 3 heteroatoms. The molecule has 0 aliphatic rings. The van der Waals surface area contributed by atoms with Crippen LogP contribution in [0.15, 0.2) is 48.5 Å². The SMILES string of the molecule is Bc1ccc(Oc2cccc(N)c2)cc1. The number of nitrogen functional groups attached to an aromatic ring is 1. The topological polar surface area (TPSA) is 35.2 Å².